The predicted octanol–water partition coefficient (Wildman–Crippen LogP) is 4.71. The van der Waals surface area contributed by atoms with Crippen molar-refractivity contribution in [1.29, 1.82) is 5.41 Å². The molecule has 334 valence electrons. The van der Waals surface area contributed by atoms with Crippen LogP contribution >= 0.6 is 11.3 Å². The number of fused-ring (bicyclic) bond motifs is 1. The number of nitrogens with two attached hydrogens (primary N) is 1. The number of carbonyl (C=O) groups is 2. The Morgan fingerprint density at radius 3 is 2.52 bits per heavy atom. The normalized spacial score (nSPS) is 22.9. The summed E-state index contributed by atoms with van der Waals surface area (Å²) in [6.07, 6.45) is 3.90. The molecule has 6 heterocycles. The van der Waals surface area contributed by atoms with Crippen LogP contribution in [0.1, 0.15) is 80.3 Å². The van der Waals surface area contributed by atoms with Gasteiger partial charge in [0.1, 0.15) is 29.3 Å². The molecule has 3 fully saturated rings. The topological polar surface area (TPSA) is 201 Å². The van der Waals surface area contributed by atoms with E-state index in [4.69, 9.17) is 15.7 Å². The van der Waals surface area contributed by atoms with Gasteiger partial charge in [0.2, 0.25) is 11.8 Å². The Labute approximate surface area is 373 Å². The number of aromatic hydroxyl groups is 1. The van der Waals surface area contributed by atoms with E-state index >= 15 is 0 Å². The molecular formula is C47H60N10O5S. The van der Waals surface area contributed by atoms with Crippen molar-refractivity contribution in [3.05, 3.63) is 100 Å². The fraction of sp³-hybridized carbons (Fsp3) is 0.489. The molecule has 4 aromatic rings. The standard InChI is InChI=1S/C47H60N10O5S/c1-28(2)43(47(61)57-26-36(58)22-40(57)46(60)52-29(3)31-9-11-32(12-10-31)44-30(4)51-27-63-44)42-21-33(53-62-42)13-16-54-17-14-34(15-18-54)55-19-20-56-35(25-55)24-50-45(49)39(56)23-38(48)37-7-5-6-8-41(37)59/h5-12,21,23,27-29,34-36,40,43,48,58-59H,13-20,22,24-26H2,1-4H3,(H2,49,50)(H,52,60)/b39-23+,48-38?/t29-,35-,36+,40-,43+/m0/s1. The number of para-hydroxylation sites is 1. The number of carbonyl (C=O) groups excluding carboxylic acids is 2. The number of phenols is 1. The number of thiazole rings is 1. The van der Waals surface area contributed by atoms with E-state index in [9.17, 15) is 19.8 Å². The monoisotopic (exact) mass is 876 g/mol. The summed E-state index contributed by atoms with van der Waals surface area (Å²) in [5.74, 6) is -0.323. The van der Waals surface area contributed by atoms with Crippen molar-refractivity contribution in [2.24, 2.45) is 16.6 Å². The number of rotatable bonds is 13. The van der Waals surface area contributed by atoms with Gasteiger partial charge in [-0.1, -0.05) is 55.4 Å². The van der Waals surface area contributed by atoms with Crippen LogP contribution in [-0.2, 0) is 16.0 Å². The van der Waals surface area contributed by atoms with Gasteiger partial charge >= 0.3 is 0 Å². The van der Waals surface area contributed by atoms with Crippen LogP contribution in [0.25, 0.3) is 10.4 Å². The Bertz CT molecular complexity index is 2330. The zero-order valence-corrected chi connectivity index (χ0v) is 37.4. The second kappa shape index (κ2) is 19.1. The van der Waals surface area contributed by atoms with Crippen LogP contribution in [0.2, 0.25) is 0 Å². The number of aromatic nitrogens is 2. The summed E-state index contributed by atoms with van der Waals surface area (Å²) < 4.78 is 5.86. The van der Waals surface area contributed by atoms with E-state index in [1.165, 1.54) is 4.90 Å². The molecule has 4 aliphatic heterocycles. The lowest BCUT2D eigenvalue weighted by molar-refractivity contribution is -0.141. The summed E-state index contributed by atoms with van der Waals surface area (Å²) in [5, 5.41) is 37.2. The van der Waals surface area contributed by atoms with Gasteiger partial charge in [0, 0.05) is 63.2 Å². The van der Waals surface area contributed by atoms with Crippen LogP contribution in [0.4, 0.5) is 0 Å². The fourth-order valence-electron chi connectivity index (χ4n) is 9.68. The van der Waals surface area contributed by atoms with E-state index in [-0.39, 0.29) is 54.2 Å². The summed E-state index contributed by atoms with van der Waals surface area (Å²) in [5.41, 5.74) is 13.4. The number of phenolic OH excluding ortho intramolecular Hbond substituents is 1. The summed E-state index contributed by atoms with van der Waals surface area (Å²) in [6, 6.07) is 16.4. The molecule has 6 N–H and O–H groups in total. The van der Waals surface area contributed by atoms with E-state index < -0.39 is 18.1 Å². The highest BCUT2D eigenvalue weighted by molar-refractivity contribution is 7.13. The number of β-amino-alcohol motifs (C(OH)–C–C–N with tert-alkyl or cyclic N) is 1. The first kappa shape index (κ1) is 44.2. The van der Waals surface area contributed by atoms with Crippen molar-refractivity contribution < 1.29 is 24.3 Å². The molecule has 8 rings (SSSR count). The van der Waals surface area contributed by atoms with Crippen LogP contribution in [0, 0.1) is 18.3 Å². The molecule has 0 radical (unpaired) electrons. The van der Waals surface area contributed by atoms with E-state index in [2.05, 4.69) is 35.1 Å². The molecule has 4 aliphatic rings. The van der Waals surface area contributed by atoms with Crippen molar-refractivity contribution in [2.45, 2.75) is 89.6 Å². The van der Waals surface area contributed by atoms with E-state index in [0.717, 1.165) is 85.2 Å². The van der Waals surface area contributed by atoms with Crippen LogP contribution in [-0.4, -0.2) is 140 Å². The van der Waals surface area contributed by atoms with Crippen LogP contribution in [0.15, 0.2) is 81.4 Å². The Morgan fingerprint density at radius 2 is 1.81 bits per heavy atom. The quantitative estimate of drug-likeness (QED) is 0.117. The van der Waals surface area contributed by atoms with E-state index in [1.807, 2.05) is 63.5 Å². The van der Waals surface area contributed by atoms with Crippen LogP contribution < -0.4 is 11.1 Å². The van der Waals surface area contributed by atoms with Gasteiger partial charge in [-0.15, -0.1) is 11.3 Å². The highest BCUT2D eigenvalue weighted by atomic mass is 32.1. The number of hydrogen-bond acceptors (Lipinski definition) is 14. The number of allylic oxidation sites excluding steroid dienone is 1. The van der Waals surface area contributed by atoms with E-state index in [1.54, 1.807) is 41.7 Å². The van der Waals surface area contributed by atoms with Gasteiger partial charge in [-0.05, 0) is 75.0 Å². The van der Waals surface area contributed by atoms with Gasteiger partial charge in [0.05, 0.1) is 57.9 Å². The largest absolute Gasteiger partial charge is 0.507 e. The third kappa shape index (κ3) is 9.74. The van der Waals surface area contributed by atoms with Crippen LogP contribution in [0.3, 0.4) is 0 Å². The number of aliphatic hydroxyl groups is 1. The van der Waals surface area contributed by atoms with Crippen molar-refractivity contribution in [2.75, 3.05) is 52.4 Å². The number of aliphatic imine (C=N–C) groups is 1. The third-order valence-corrected chi connectivity index (χ3v) is 14.2. The number of benzene rings is 2. The number of aryl methyl sites for hydroxylation is 1. The maximum absolute atomic E-state index is 14.3. The van der Waals surface area contributed by atoms with Gasteiger partial charge in [0.25, 0.3) is 0 Å². The lowest BCUT2D eigenvalue weighted by atomic mass is 9.91. The number of aliphatic hydroxyl groups excluding tert-OH is 1. The molecule has 3 saturated heterocycles. The van der Waals surface area contributed by atoms with Gasteiger partial charge in [0.15, 0.2) is 0 Å². The number of hydrogen-bond donors (Lipinski definition) is 5. The van der Waals surface area contributed by atoms with Crippen LogP contribution in [0.5, 0.6) is 5.75 Å². The number of piperidine rings is 1. The minimum atomic E-state index is -0.803. The van der Waals surface area contributed by atoms with Gasteiger partial charge < -0.3 is 45.9 Å². The first-order chi connectivity index (χ1) is 30.3. The lowest BCUT2D eigenvalue weighted by Crippen LogP contribution is -2.60. The third-order valence-electron chi connectivity index (χ3n) is 13.2. The molecular weight excluding hydrogens is 817 g/mol. The number of amidine groups is 1. The fourth-order valence-corrected chi connectivity index (χ4v) is 10.5. The summed E-state index contributed by atoms with van der Waals surface area (Å²) in [4.78, 5) is 47.0. The Morgan fingerprint density at radius 1 is 1.05 bits per heavy atom. The average molecular weight is 877 g/mol. The molecule has 2 amide bonds. The second-order valence-electron chi connectivity index (χ2n) is 17.8. The number of amides is 2. The van der Waals surface area contributed by atoms with E-state index in [0.29, 0.717) is 36.2 Å². The smallest absolute Gasteiger partial charge is 0.243 e. The summed E-state index contributed by atoms with van der Waals surface area (Å²) in [6.45, 7) is 13.9. The van der Waals surface area contributed by atoms with Crippen molar-refractivity contribution in [1.82, 2.24) is 35.1 Å². The lowest BCUT2D eigenvalue weighted by Gasteiger charge is -2.48. The zero-order chi connectivity index (χ0) is 44.4. The molecule has 16 heteroatoms. The summed E-state index contributed by atoms with van der Waals surface area (Å²) >= 11 is 1.60. The average Bonchev–Trinajstić information content (AvgIpc) is 4.04. The van der Waals surface area contributed by atoms with Crippen molar-refractivity contribution in [3.8, 4) is 16.2 Å². The first-order valence-corrected chi connectivity index (χ1v) is 23.1. The number of likely N-dealkylation sites (tertiary alicyclic amines) is 2. The van der Waals surface area contributed by atoms with Gasteiger partial charge in [-0.3, -0.25) is 19.5 Å². The molecule has 63 heavy (non-hydrogen) atoms. The number of nitrogens with one attached hydrogen (secondary N) is 2. The Hall–Kier alpha value is -5.42. The molecule has 2 aromatic heterocycles. The maximum atomic E-state index is 14.3. The Balaban J connectivity index is 0.822. The highest BCUT2D eigenvalue weighted by Crippen LogP contribution is 2.33. The number of piperazine rings is 1. The molecule has 0 spiro atoms. The second-order valence-corrected chi connectivity index (χ2v) is 18.7. The number of nitrogens with zero attached hydrogens (tertiary/aromatic N) is 7. The Kier molecular flexibility index (Phi) is 13.4. The van der Waals surface area contributed by atoms with Crippen molar-refractivity contribution in [3.63, 3.8) is 0 Å². The molecule has 2 aromatic carbocycles. The molecule has 15 nitrogen and oxygen atoms in total. The van der Waals surface area contributed by atoms with Gasteiger partial charge in [-0.25, -0.2) is 4.98 Å². The first-order valence-electron chi connectivity index (χ1n) is 22.2. The molecule has 0 aliphatic carbocycles. The summed E-state index contributed by atoms with van der Waals surface area (Å²) in [7, 11) is 0. The maximum Gasteiger partial charge on any atom is 0.243 e. The predicted molar refractivity (Wildman–Crippen MR) is 244 cm³/mol. The van der Waals surface area contributed by atoms with Gasteiger partial charge in [-0.2, -0.15) is 0 Å². The molecule has 0 unspecified atom stereocenters. The van der Waals surface area contributed by atoms with Crippen molar-refractivity contribution >= 4 is 34.7 Å². The molecule has 0 bridgehead atoms. The highest BCUT2D eigenvalue weighted by Gasteiger charge is 2.44. The SMILES string of the molecule is Cc1ncsc1-c1ccc([C@H](C)NC(=O)[C@@H]2C[C@@H](O)CN2C(=O)[C@@H](c2cc(CCN3CCC(N4CCN5/C(=C/C(=N)c6ccccc6O)C(N)=NC[C@H]5C4)CC3)no2)C(C)C)cc1. The minimum Gasteiger partial charge on any atom is -0.507 e. The molecule has 5 atom stereocenters. The minimum absolute atomic E-state index is 0.0696. The molecule has 0 saturated carbocycles. The zero-order valence-electron chi connectivity index (χ0n) is 36.6.